The molecule has 0 bridgehead atoms. The lowest BCUT2D eigenvalue weighted by atomic mass is 9.93. The van der Waals surface area contributed by atoms with Crippen molar-refractivity contribution in [1.29, 1.82) is 0 Å². The summed E-state index contributed by atoms with van der Waals surface area (Å²) in [5.41, 5.74) is 2.05. The SMILES string of the molecule is C=CCc1c(F)cc(CCCCCC2CCN=CN/C=C(/CCC)C=NCC2)cc1F. The Morgan fingerprint density at radius 2 is 1.81 bits per heavy atom. The zero-order chi connectivity index (χ0) is 22.3. The number of rotatable bonds is 10. The fourth-order valence-electron chi connectivity index (χ4n) is 3.93. The van der Waals surface area contributed by atoms with E-state index in [9.17, 15) is 8.78 Å². The Kier molecular flexibility index (Phi) is 11.8. The zero-order valence-electron chi connectivity index (χ0n) is 18.9. The smallest absolute Gasteiger partial charge is 0.129 e. The van der Waals surface area contributed by atoms with Crippen LogP contribution in [0.3, 0.4) is 0 Å². The predicted molar refractivity (Wildman–Crippen MR) is 128 cm³/mol. The first kappa shape index (κ1) is 25.0. The van der Waals surface area contributed by atoms with Crippen LogP contribution in [0, 0.1) is 17.6 Å². The van der Waals surface area contributed by atoms with Crippen LogP contribution in [0.5, 0.6) is 0 Å². The average Bonchev–Trinajstić information content (AvgIpc) is 2.73. The first-order valence-electron chi connectivity index (χ1n) is 11.6. The topological polar surface area (TPSA) is 36.8 Å². The van der Waals surface area contributed by atoms with E-state index in [0.29, 0.717) is 12.3 Å². The molecule has 3 nitrogen and oxygen atoms in total. The molecule has 1 atom stereocenters. The van der Waals surface area contributed by atoms with Crippen molar-refractivity contribution in [3.8, 4) is 0 Å². The Bertz CT molecular complexity index is 745. The first-order valence-corrected chi connectivity index (χ1v) is 11.6. The van der Waals surface area contributed by atoms with Crippen LogP contribution < -0.4 is 5.32 Å². The number of benzene rings is 1. The molecule has 0 radical (unpaired) electrons. The molecule has 0 aliphatic carbocycles. The van der Waals surface area contributed by atoms with E-state index >= 15 is 0 Å². The maximum absolute atomic E-state index is 14.1. The maximum atomic E-state index is 14.1. The van der Waals surface area contributed by atoms with Gasteiger partial charge in [-0.2, -0.15) is 0 Å². The van der Waals surface area contributed by atoms with E-state index in [2.05, 4.69) is 28.8 Å². The molecule has 1 N–H and O–H groups in total. The fraction of sp³-hybridized carbons (Fsp3) is 0.538. The summed E-state index contributed by atoms with van der Waals surface area (Å²) in [7, 11) is 0. The third-order valence-electron chi connectivity index (χ3n) is 5.69. The summed E-state index contributed by atoms with van der Waals surface area (Å²) in [4.78, 5) is 9.09. The lowest BCUT2D eigenvalue weighted by molar-refractivity contribution is 0.411. The van der Waals surface area contributed by atoms with Crippen LogP contribution in [0.1, 0.15) is 69.4 Å². The summed E-state index contributed by atoms with van der Waals surface area (Å²) in [5.74, 6) is -0.313. The number of nitrogens with zero attached hydrogens (tertiary/aromatic N) is 2. The van der Waals surface area contributed by atoms with Crippen LogP contribution >= 0.6 is 0 Å². The summed E-state index contributed by atoms with van der Waals surface area (Å²) in [6.07, 6.45) is 16.7. The van der Waals surface area contributed by atoms with Crippen LogP contribution in [0.4, 0.5) is 8.78 Å². The molecule has 0 aromatic heterocycles. The summed E-state index contributed by atoms with van der Waals surface area (Å²) < 4.78 is 28.1. The number of hydrogen-bond acceptors (Lipinski definition) is 3. The zero-order valence-corrected chi connectivity index (χ0v) is 18.9. The monoisotopic (exact) mass is 429 g/mol. The molecule has 1 unspecified atom stereocenters. The quantitative estimate of drug-likeness (QED) is 0.331. The van der Waals surface area contributed by atoms with Gasteiger partial charge in [0.05, 0.1) is 6.34 Å². The number of allylic oxidation sites excluding steroid dienone is 2. The molecule has 1 aromatic rings. The van der Waals surface area contributed by atoms with Crippen LogP contribution in [-0.2, 0) is 12.8 Å². The van der Waals surface area contributed by atoms with Crippen molar-refractivity contribution in [3.05, 3.63) is 59.3 Å². The molecule has 0 saturated carbocycles. The van der Waals surface area contributed by atoms with E-state index < -0.39 is 11.6 Å². The molecule has 1 aliphatic rings. The molecular weight excluding hydrogens is 392 g/mol. The lowest BCUT2D eigenvalue weighted by Crippen LogP contribution is -2.09. The second-order valence-corrected chi connectivity index (χ2v) is 8.28. The van der Waals surface area contributed by atoms with Crippen molar-refractivity contribution < 1.29 is 8.78 Å². The summed E-state index contributed by atoms with van der Waals surface area (Å²) in [6, 6.07) is 2.94. The van der Waals surface area contributed by atoms with Gasteiger partial charge < -0.3 is 5.32 Å². The molecule has 1 heterocycles. The van der Waals surface area contributed by atoms with Crippen molar-refractivity contribution in [2.45, 2.75) is 71.1 Å². The highest BCUT2D eigenvalue weighted by molar-refractivity contribution is 5.79. The Hall–Kier alpha value is -2.30. The number of aryl methyl sites for hydroxylation is 1. The number of aliphatic imine (C=N–C) groups is 2. The number of halogens is 2. The third kappa shape index (κ3) is 9.58. The van der Waals surface area contributed by atoms with Gasteiger partial charge in [0, 0.05) is 31.1 Å². The summed E-state index contributed by atoms with van der Waals surface area (Å²) in [5, 5.41) is 3.14. The molecule has 0 saturated heterocycles. The largest absolute Gasteiger partial charge is 0.353 e. The summed E-state index contributed by atoms with van der Waals surface area (Å²) in [6.45, 7) is 7.40. The Labute approximate surface area is 186 Å². The van der Waals surface area contributed by atoms with Gasteiger partial charge in [0.15, 0.2) is 0 Å². The van der Waals surface area contributed by atoms with Gasteiger partial charge >= 0.3 is 0 Å². The van der Waals surface area contributed by atoms with Gasteiger partial charge in [0.1, 0.15) is 11.6 Å². The molecule has 0 amide bonds. The van der Waals surface area contributed by atoms with E-state index in [0.717, 1.165) is 70.0 Å². The Morgan fingerprint density at radius 1 is 1.06 bits per heavy atom. The van der Waals surface area contributed by atoms with Crippen molar-refractivity contribution in [1.82, 2.24) is 5.32 Å². The number of unbranched alkanes of at least 4 members (excludes halogenated alkanes) is 2. The van der Waals surface area contributed by atoms with E-state index in [1.165, 1.54) is 23.8 Å². The number of nitrogens with one attached hydrogen (secondary N) is 1. The molecular formula is C26H37F2N3. The van der Waals surface area contributed by atoms with E-state index in [-0.39, 0.29) is 12.0 Å². The van der Waals surface area contributed by atoms with Gasteiger partial charge in [0.2, 0.25) is 0 Å². The molecule has 0 spiro atoms. The molecule has 1 aromatic carbocycles. The van der Waals surface area contributed by atoms with Gasteiger partial charge in [-0.25, -0.2) is 8.78 Å². The van der Waals surface area contributed by atoms with E-state index in [1.807, 2.05) is 12.4 Å². The standard InChI is InChI=1S/C26H37F2N3/c1-3-8-23-18-29-14-12-21(13-15-30-20-31-19-23)10-6-5-7-11-22-16-25(27)24(9-4-2)26(28)17-22/h4,16-21H,2-3,5-15H2,1H3,(H,30,31)/b23-19-,29-18?. The maximum Gasteiger partial charge on any atom is 0.129 e. The second kappa shape index (κ2) is 14.7. The highest BCUT2D eigenvalue weighted by Crippen LogP contribution is 2.21. The van der Waals surface area contributed by atoms with Crippen molar-refractivity contribution in [2.24, 2.45) is 15.9 Å². The van der Waals surface area contributed by atoms with Crippen LogP contribution in [0.15, 0.2) is 46.5 Å². The van der Waals surface area contributed by atoms with Gasteiger partial charge in [-0.1, -0.05) is 38.7 Å². The van der Waals surface area contributed by atoms with Gasteiger partial charge in [-0.05, 0) is 67.7 Å². The highest BCUT2D eigenvalue weighted by atomic mass is 19.1. The third-order valence-corrected chi connectivity index (χ3v) is 5.69. The summed E-state index contributed by atoms with van der Waals surface area (Å²) >= 11 is 0. The second-order valence-electron chi connectivity index (χ2n) is 8.28. The van der Waals surface area contributed by atoms with Crippen molar-refractivity contribution >= 4 is 12.6 Å². The van der Waals surface area contributed by atoms with Gasteiger partial charge in [0.25, 0.3) is 0 Å². The normalized spacial score (nSPS) is 19.1. The van der Waals surface area contributed by atoms with Crippen LogP contribution in [0.2, 0.25) is 0 Å². The van der Waals surface area contributed by atoms with Crippen LogP contribution in [-0.4, -0.2) is 25.6 Å². The minimum absolute atomic E-state index is 0.110. The average molecular weight is 430 g/mol. The minimum atomic E-state index is -0.462. The minimum Gasteiger partial charge on any atom is -0.353 e. The fourth-order valence-corrected chi connectivity index (χ4v) is 3.93. The molecule has 0 fully saturated rings. The van der Waals surface area contributed by atoms with Gasteiger partial charge in [-0.3, -0.25) is 9.98 Å². The highest BCUT2D eigenvalue weighted by Gasteiger charge is 2.11. The van der Waals surface area contributed by atoms with Crippen LogP contribution in [0.25, 0.3) is 0 Å². The van der Waals surface area contributed by atoms with E-state index in [4.69, 9.17) is 0 Å². The Balaban J connectivity index is 1.76. The first-order chi connectivity index (χ1) is 15.1. The van der Waals surface area contributed by atoms with Crippen molar-refractivity contribution in [3.63, 3.8) is 0 Å². The van der Waals surface area contributed by atoms with Crippen molar-refractivity contribution in [2.75, 3.05) is 13.1 Å². The molecule has 1 aliphatic heterocycles. The van der Waals surface area contributed by atoms with Gasteiger partial charge in [-0.15, -0.1) is 6.58 Å². The Morgan fingerprint density at radius 3 is 2.52 bits per heavy atom. The predicted octanol–water partition coefficient (Wildman–Crippen LogP) is 6.58. The molecule has 170 valence electrons. The molecule has 5 heteroatoms. The lowest BCUT2D eigenvalue weighted by Gasteiger charge is -2.15. The number of hydrogen-bond donors (Lipinski definition) is 1. The molecule has 31 heavy (non-hydrogen) atoms. The van der Waals surface area contributed by atoms with E-state index in [1.54, 1.807) is 6.34 Å². The molecule has 2 rings (SSSR count).